The maximum Gasteiger partial charge on any atom is 0.248 e. The third-order valence-corrected chi connectivity index (χ3v) is 2.69. The van der Waals surface area contributed by atoms with Crippen LogP contribution in [0.2, 0.25) is 0 Å². The molecule has 0 aliphatic carbocycles. The number of nitrogens with one attached hydrogen (secondary N) is 2. The number of nitrogens with zero attached hydrogens (tertiary/aromatic N) is 2. The Morgan fingerprint density at radius 2 is 1.50 bits per heavy atom. The first-order chi connectivity index (χ1) is 10.1. The van der Waals surface area contributed by atoms with Crippen molar-refractivity contribution in [3.05, 3.63) is 59.7 Å². The predicted octanol–water partition coefficient (Wildman–Crippen LogP) is 2.60. The Labute approximate surface area is 133 Å². The fourth-order valence-corrected chi connectivity index (χ4v) is 1.56. The third-order valence-electron chi connectivity index (χ3n) is 2.69. The van der Waals surface area contributed by atoms with Crippen molar-refractivity contribution in [1.82, 2.24) is 0 Å². The molecule has 0 fully saturated rings. The van der Waals surface area contributed by atoms with E-state index in [1.54, 1.807) is 48.5 Å². The molecule has 22 heavy (non-hydrogen) atoms. The lowest BCUT2D eigenvalue weighted by Gasteiger charge is -2.01. The van der Waals surface area contributed by atoms with Crippen molar-refractivity contribution in [1.29, 1.82) is 5.41 Å². The van der Waals surface area contributed by atoms with Crippen LogP contribution in [-0.4, -0.2) is 11.7 Å². The van der Waals surface area contributed by atoms with E-state index in [2.05, 4.69) is 15.8 Å². The molecule has 6 N–H and O–H groups in total. The summed E-state index contributed by atoms with van der Waals surface area (Å²) in [7, 11) is 0. The van der Waals surface area contributed by atoms with Gasteiger partial charge in [-0.15, -0.1) is 17.5 Å². The molecule has 2 aromatic rings. The Hall–Kier alpha value is -2.93. The van der Waals surface area contributed by atoms with Crippen LogP contribution in [0.1, 0.15) is 15.9 Å². The molecule has 0 saturated heterocycles. The molecule has 2 aromatic carbocycles. The predicted molar refractivity (Wildman–Crippen MR) is 87.8 cm³/mol. The van der Waals surface area contributed by atoms with E-state index in [-0.39, 0.29) is 18.2 Å². The monoisotopic (exact) mass is 318 g/mol. The third kappa shape index (κ3) is 4.57. The van der Waals surface area contributed by atoms with Crippen LogP contribution in [0.15, 0.2) is 58.9 Å². The van der Waals surface area contributed by atoms with Crippen molar-refractivity contribution in [3.8, 4) is 0 Å². The number of primary amides is 1. The van der Waals surface area contributed by atoms with Crippen LogP contribution in [0.3, 0.4) is 0 Å². The summed E-state index contributed by atoms with van der Waals surface area (Å²) in [5.74, 6) is -0.472. The molecule has 0 atom stereocenters. The molecule has 0 aliphatic heterocycles. The number of hydrogen-bond donors (Lipinski definition) is 4. The average molecular weight is 319 g/mol. The van der Waals surface area contributed by atoms with E-state index in [1.165, 1.54) is 0 Å². The van der Waals surface area contributed by atoms with Gasteiger partial charge < -0.3 is 11.5 Å². The van der Waals surface area contributed by atoms with Gasteiger partial charge in [-0.05, 0) is 48.5 Å². The molecular formula is C14H15ClN6O. The van der Waals surface area contributed by atoms with Crippen molar-refractivity contribution in [2.24, 2.45) is 21.8 Å². The number of amidine groups is 1. The molecule has 2 rings (SSSR count). The van der Waals surface area contributed by atoms with E-state index in [0.717, 1.165) is 5.69 Å². The highest BCUT2D eigenvalue weighted by Crippen LogP contribution is 2.14. The number of nitrogen functional groups attached to an aromatic ring is 1. The number of anilines is 1. The van der Waals surface area contributed by atoms with Crippen LogP contribution in [-0.2, 0) is 0 Å². The highest BCUT2D eigenvalue weighted by molar-refractivity contribution is 5.95. The molecular weight excluding hydrogens is 304 g/mol. The Morgan fingerprint density at radius 1 is 0.955 bits per heavy atom. The summed E-state index contributed by atoms with van der Waals surface area (Å²) >= 11 is 0. The zero-order chi connectivity index (χ0) is 15.2. The van der Waals surface area contributed by atoms with Crippen LogP contribution in [0.4, 0.5) is 11.4 Å². The van der Waals surface area contributed by atoms with Crippen molar-refractivity contribution in [2.75, 3.05) is 5.43 Å². The second-order valence-corrected chi connectivity index (χ2v) is 4.21. The maximum absolute atomic E-state index is 10.9. The van der Waals surface area contributed by atoms with Gasteiger partial charge in [0.15, 0.2) is 0 Å². The van der Waals surface area contributed by atoms with Gasteiger partial charge in [-0.1, -0.05) is 5.22 Å². The molecule has 7 nitrogen and oxygen atoms in total. The minimum Gasteiger partial charge on any atom is -0.384 e. The summed E-state index contributed by atoms with van der Waals surface area (Å²) in [6, 6.07) is 13.4. The van der Waals surface area contributed by atoms with E-state index in [9.17, 15) is 4.79 Å². The van der Waals surface area contributed by atoms with E-state index in [1.807, 2.05) is 0 Å². The van der Waals surface area contributed by atoms with Crippen molar-refractivity contribution < 1.29 is 4.79 Å². The molecule has 0 saturated carbocycles. The van der Waals surface area contributed by atoms with Gasteiger partial charge in [0.1, 0.15) is 5.84 Å². The number of nitrogens with two attached hydrogens (primary N) is 2. The number of halogens is 1. The number of benzene rings is 2. The van der Waals surface area contributed by atoms with Gasteiger partial charge in [0, 0.05) is 11.1 Å². The van der Waals surface area contributed by atoms with Gasteiger partial charge >= 0.3 is 0 Å². The highest BCUT2D eigenvalue weighted by Gasteiger charge is 1.99. The Balaban J connectivity index is 0.00000242. The lowest BCUT2D eigenvalue weighted by Crippen LogP contribution is -2.10. The summed E-state index contributed by atoms with van der Waals surface area (Å²) in [5, 5.41) is 15.1. The lowest BCUT2D eigenvalue weighted by atomic mass is 10.2. The van der Waals surface area contributed by atoms with Crippen LogP contribution in [0, 0.1) is 5.41 Å². The molecule has 114 valence electrons. The fraction of sp³-hybridized carbons (Fsp3) is 0. The van der Waals surface area contributed by atoms with Gasteiger partial charge in [-0.25, -0.2) is 0 Å². The lowest BCUT2D eigenvalue weighted by molar-refractivity contribution is 0.100. The molecule has 0 bridgehead atoms. The van der Waals surface area contributed by atoms with Gasteiger partial charge in [-0.3, -0.25) is 15.6 Å². The Morgan fingerprint density at radius 3 is 2.00 bits per heavy atom. The van der Waals surface area contributed by atoms with Crippen molar-refractivity contribution in [2.45, 2.75) is 0 Å². The number of hydrogen-bond acceptors (Lipinski definition) is 4. The Kier molecular flexibility index (Phi) is 6.03. The van der Waals surface area contributed by atoms with Gasteiger partial charge in [0.25, 0.3) is 0 Å². The molecule has 0 spiro atoms. The van der Waals surface area contributed by atoms with Crippen molar-refractivity contribution in [3.63, 3.8) is 0 Å². The normalized spacial score (nSPS) is 10.0. The first-order valence-electron chi connectivity index (χ1n) is 6.07. The molecule has 0 radical (unpaired) electrons. The summed E-state index contributed by atoms with van der Waals surface area (Å²) in [5.41, 5.74) is 15.6. The number of carbonyl (C=O) groups excluding carboxylic acids is 1. The largest absolute Gasteiger partial charge is 0.384 e. The zero-order valence-electron chi connectivity index (χ0n) is 11.5. The summed E-state index contributed by atoms with van der Waals surface area (Å²) in [6.07, 6.45) is 0. The summed E-state index contributed by atoms with van der Waals surface area (Å²) in [6.45, 7) is 0. The standard InChI is InChI=1S/C14H14N6O.ClH/c15-13(16)9-1-5-11(6-2-9)18-20-19-12-7-3-10(4-8-12)14(17)21;/h1-8H,(H3,15,16)(H2,17,21)(H,18,19);1H. The van der Waals surface area contributed by atoms with Crippen LogP contribution in [0.25, 0.3) is 0 Å². The van der Waals surface area contributed by atoms with Crippen LogP contribution >= 0.6 is 12.4 Å². The van der Waals surface area contributed by atoms with E-state index in [0.29, 0.717) is 16.8 Å². The quantitative estimate of drug-likeness (QED) is 0.292. The molecule has 0 aliphatic rings. The first-order valence-corrected chi connectivity index (χ1v) is 6.07. The van der Waals surface area contributed by atoms with Crippen molar-refractivity contribution >= 4 is 35.5 Å². The molecule has 0 aromatic heterocycles. The number of carbonyl (C=O) groups is 1. The molecule has 0 heterocycles. The van der Waals surface area contributed by atoms with Gasteiger partial charge in [0.2, 0.25) is 5.91 Å². The summed E-state index contributed by atoms with van der Waals surface area (Å²) in [4.78, 5) is 10.9. The average Bonchev–Trinajstić information content (AvgIpc) is 2.48. The minimum atomic E-state index is -0.484. The minimum absolute atomic E-state index is 0. The zero-order valence-corrected chi connectivity index (χ0v) is 12.3. The topological polar surface area (TPSA) is 130 Å². The SMILES string of the molecule is Cl.N=C(N)c1ccc(NN=Nc2ccc(C(N)=O)cc2)cc1. The Bertz CT molecular complexity index is 681. The number of rotatable bonds is 5. The van der Waals surface area contributed by atoms with Gasteiger partial charge in [0.05, 0.1) is 11.4 Å². The van der Waals surface area contributed by atoms with Crippen LogP contribution in [0.5, 0.6) is 0 Å². The van der Waals surface area contributed by atoms with Crippen LogP contribution < -0.4 is 16.9 Å². The second kappa shape index (κ2) is 7.75. The second-order valence-electron chi connectivity index (χ2n) is 4.21. The van der Waals surface area contributed by atoms with E-state index in [4.69, 9.17) is 16.9 Å². The smallest absolute Gasteiger partial charge is 0.248 e. The maximum atomic E-state index is 10.9. The van der Waals surface area contributed by atoms with E-state index < -0.39 is 5.91 Å². The summed E-state index contributed by atoms with van der Waals surface area (Å²) < 4.78 is 0. The molecule has 1 amide bonds. The highest BCUT2D eigenvalue weighted by atomic mass is 35.5. The van der Waals surface area contributed by atoms with E-state index >= 15 is 0 Å². The number of amides is 1. The first kappa shape index (κ1) is 17.1. The van der Waals surface area contributed by atoms with Gasteiger partial charge in [-0.2, -0.15) is 0 Å². The fourth-order valence-electron chi connectivity index (χ4n) is 1.56. The molecule has 8 heteroatoms. The molecule has 0 unspecified atom stereocenters.